The van der Waals surface area contributed by atoms with E-state index < -0.39 is 17.9 Å². The van der Waals surface area contributed by atoms with Gasteiger partial charge in [0.05, 0.1) is 19.8 Å². The second kappa shape index (κ2) is 11.1. The molecule has 2 amide bonds. The molecular formula is C24H27FN2O6. The van der Waals surface area contributed by atoms with Gasteiger partial charge in [-0.2, -0.15) is 0 Å². The van der Waals surface area contributed by atoms with Gasteiger partial charge in [0.15, 0.2) is 12.0 Å². The Kier molecular flexibility index (Phi) is 8.26. The molecule has 2 aromatic carbocycles. The predicted octanol–water partition coefficient (Wildman–Crippen LogP) is 2.71. The number of halogens is 1. The highest BCUT2D eigenvalue weighted by molar-refractivity contribution is 5.79. The van der Waals surface area contributed by atoms with Crippen LogP contribution in [0.1, 0.15) is 35.7 Å². The molecule has 2 aliphatic rings. The van der Waals surface area contributed by atoms with Gasteiger partial charge in [-0.05, 0) is 29.2 Å². The summed E-state index contributed by atoms with van der Waals surface area (Å²) in [5, 5.41) is 12.1. The highest BCUT2D eigenvalue weighted by Crippen LogP contribution is 2.45. The number of ether oxygens (including phenoxy) is 2. The summed E-state index contributed by atoms with van der Waals surface area (Å²) in [5.74, 6) is -1.83. The van der Waals surface area contributed by atoms with Crippen molar-refractivity contribution in [1.29, 1.82) is 0 Å². The lowest BCUT2D eigenvalue weighted by atomic mass is 10.0. The first-order chi connectivity index (χ1) is 15.9. The molecular weight excluding hydrogens is 431 g/mol. The van der Waals surface area contributed by atoms with Gasteiger partial charge in [-0.1, -0.05) is 48.0 Å². The third-order valence-electron chi connectivity index (χ3n) is 5.48. The van der Waals surface area contributed by atoms with E-state index in [0.29, 0.717) is 31.0 Å². The molecule has 4 rings (SSSR count). The predicted molar refractivity (Wildman–Crippen MR) is 117 cm³/mol. The first-order valence-corrected chi connectivity index (χ1v) is 10.6. The SMILES string of the molecule is Cc1ccc2c(c1)-c1ccccc1C2F.O=CCCC1(CN(O)C(=O)CNC=O)OCCO1. The molecule has 0 bridgehead atoms. The molecule has 1 atom stereocenters. The summed E-state index contributed by atoms with van der Waals surface area (Å²) in [7, 11) is 0. The fourth-order valence-corrected chi connectivity index (χ4v) is 3.88. The summed E-state index contributed by atoms with van der Waals surface area (Å²) < 4.78 is 24.7. The van der Waals surface area contributed by atoms with Crippen LogP contribution in [0.15, 0.2) is 42.5 Å². The van der Waals surface area contributed by atoms with Gasteiger partial charge in [-0.3, -0.25) is 14.8 Å². The standard InChI is InChI=1S/C14H11F.C10H16N2O6/c1-9-6-7-12-13(8-9)10-4-2-3-5-11(10)14(12)15;13-3-1-2-10(17-4-5-18-10)7-12(16)9(15)6-11-8-14/h2-8,14H,1H3;3,8,16H,1-2,4-7H2,(H,11,14). The molecule has 176 valence electrons. The van der Waals surface area contributed by atoms with E-state index in [9.17, 15) is 24.0 Å². The number of fused-ring (bicyclic) bond motifs is 3. The zero-order chi connectivity index (χ0) is 23.8. The molecule has 1 aliphatic heterocycles. The van der Waals surface area contributed by atoms with Crippen LogP contribution in [0.2, 0.25) is 0 Å². The summed E-state index contributed by atoms with van der Waals surface area (Å²) >= 11 is 0. The Morgan fingerprint density at radius 3 is 2.58 bits per heavy atom. The quantitative estimate of drug-likeness (QED) is 0.358. The van der Waals surface area contributed by atoms with E-state index in [0.717, 1.165) is 22.3 Å². The van der Waals surface area contributed by atoms with Crippen molar-refractivity contribution in [1.82, 2.24) is 10.4 Å². The molecule has 1 unspecified atom stereocenters. The number of carbonyl (C=O) groups is 3. The Hall–Kier alpha value is -3.14. The van der Waals surface area contributed by atoms with Crippen LogP contribution >= 0.6 is 0 Å². The minimum absolute atomic E-state index is 0.203. The van der Waals surface area contributed by atoms with Crippen LogP contribution in [0.3, 0.4) is 0 Å². The Labute approximate surface area is 191 Å². The van der Waals surface area contributed by atoms with E-state index in [1.54, 1.807) is 0 Å². The van der Waals surface area contributed by atoms with Gasteiger partial charge in [-0.25, -0.2) is 9.45 Å². The largest absolute Gasteiger partial charge is 0.350 e. The number of nitrogens with zero attached hydrogens (tertiary/aromatic N) is 1. The molecule has 9 heteroatoms. The van der Waals surface area contributed by atoms with Gasteiger partial charge >= 0.3 is 0 Å². The summed E-state index contributed by atoms with van der Waals surface area (Å²) in [6.45, 7) is 2.19. The monoisotopic (exact) mass is 458 g/mol. The van der Waals surface area contributed by atoms with Crippen LogP contribution in [0.4, 0.5) is 4.39 Å². The normalized spacial score (nSPS) is 17.2. The number of benzene rings is 2. The van der Waals surface area contributed by atoms with E-state index in [1.165, 1.54) is 5.56 Å². The third-order valence-corrected chi connectivity index (χ3v) is 5.48. The molecule has 1 fully saturated rings. The van der Waals surface area contributed by atoms with Gasteiger partial charge in [0.25, 0.3) is 5.91 Å². The van der Waals surface area contributed by atoms with Crippen LogP contribution in [0.5, 0.6) is 0 Å². The number of aryl methyl sites for hydroxylation is 1. The van der Waals surface area contributed by atoms with E-state index >= 15 is 0 Å². The van der Waals surface area contributed by atoms with Gasteiger partial charge in [0.1, 0.15) is 12.8 Å². The molecule has 33 heavy (non-hydrogen) atoms. The number of hydrogen-bond donors (Lipinski definition) is 2. The minimum atomic E-state index is -1.15. The lowest BCUT2D eigenvalue weighted by Crippen LogP contribution is -2.47. The molecule has 0 saturated carbocycles. The molecule has 1 saturated heterocycles. The van der Waals surface area contributed by atoms with Crippen molar-refractivity contribution in [2.75, 3.05) is 26.3 Å². The first-order valence-electron chi connectivity index (χ1n) is 10.6. The average Bonchev–Trinajstić information content (AvgIpc) is 3.39. The summed E-state index contributed by atoms with van der Waals surface area (Å²) in [5.41, 5.74) is 4.89. The topological polar surface area (TPSA) is 105 Å². The second-order valence-electron chi connectivity index (χ2n) is 7.80. The fraction of sp³-hybridized carbons (Fsp3) is 0.375. The Bertz CT molecular complexity index is 993. The molecule has 0 aromatic heterocycles. The fourth-order valence-electron chi connectivity index (χ4n) is 3.88. The summed E-state index contributed by atoms with van der Waals surface area (Å²) in [4.78, 5) is 31.8. The molecule has 1 aliphatic carbocycles. The van der Waals surface area contributed by atoms with Crippen LogP contribution in [0, 0.1) is 6.92 Å². The highest BCUT2D eigenvalue weighted by atomic mass is 19.1. The zero-order valence-electron chi connectivity index (χ0n) is 18.3. The van der Waals surface area contributed by atoms with Crippen LogP contribution in [-0.2, 0) is 23.9 Å². The summed E-state index contributed by atoms with van der Waals surface area (Å²) in [6, 6.07) is 13.6. The minimum Gasteiger partial charge on any atom is -0.350 e. The lowest BCUT2D eigenvalue weighted by molar-refractivity contribution is -0.223. The zero-order valence-corrected chi connectivity index (χ0v) is 18.3. The number of hydrogen-bond acceptors (Lipinski definition) is 6. The Balaban J connectivity index is 0.000000188. The Morgan fingerprint density at radius 1 is 1.18 bits per heavy atom. The van der Waals surface area contributed by atoms with E-state index in [4.69, 9.17) is 9.47 Å². The maximum atomic E-state index is 14.0. The number of alkyl halides is 1. The molecule has 0 spiro atoms. The molecule has 8 nitrogen and oxygen atoms in total. The van der Waals surface area contributed by atoms with Crippen LogP contribution in [0.25, 0.3) is 11.1 Å². The van der Waals surface area contributed by atoms with E-state index in [-0.39, 0.29) is 25.9 Å². The number of hydroxylamine groups is 2. The lowest BCUT2D eigenvalue weighted by Gasteiger charge is -2.30. The molecule has 2 N–H and O–H groups in total. The molecule has 0 radical (unpaired) electrons. The van der Waals surface area contributed by atoms with Crippen molar-refractivity contribution < 1.29 is 33.5 Å². The molecule has 2 aromatic rings. The maximum Gasteiger partial charge on any atom is 0.265 e. The van der Waals surface area contributed by atoms with Gasteiger partial charge in [0, 0.05) is 12.8 Å². The highest BCUT2D eigenvalue weighted by Gasteiger charge is 2.39. The van der Waals surface area contributed by atoms with Gasteiger partial charge in [0.2, 0.25) is 6.41 Å². The van der Waals surface area contributed by atoms with Crippen molar-refractivity contribution in [2.24, 2.45) is 0 Å². The average molecular weight is 458 g/mol. The van der Waals surface area contributed by atoms with Crippen LogP contribution < -0.4 is 5.32 Å². The number of rotatable bonds is 8. The van der Waals surface area contributed by atoms with E-state index in [1.807, 2.05) is 43.3 Å². The first kappa shape index (κ1) is 24.5. The second-order valence-corrected chi connectivity index (χ2v) is 7.80. The van der Waals surface area contributed by atoms with Crippen molar-refractivity contribution in [2.45, 2.75) is 31.7 Å². The van der Waals surface area contributed by atoms with Crippen molar-refractivity contribution in [3.8, 4) is 11.1 Å². The summed E-state index contributed by atoms with van der Waals surface area (Å²) in [6.07, 6.45) is 0.578. The number of amides is 2. The van der Waals surface area contributed by atoms with Crippen LogP contribution in [-0.4, -0.2) is 61.0 Å². The van der Waals surface area contributed by atoms with Crippen molar-refractivity contribution in [3.63, 3.8) is 0 Å². The number of aldehydes is 1. The maximum absolute atomic E-state index is 14.0. The van der Waals surface area contributed by atoms with Gasteiger partial charge in [-0.15, -0.1) is 0 Å². The third kappa shape index (κ3) is 5.81. The molecule has 1 heterocycles. The smallest absolute Gasteiger partial charge is 0.265 e. The van der Waals surface area contributed by atoms with Gasteiger partial charge < -0.3 is 19.6 Å². The number of carbonyl (C=O) groups excluding carboxylic acids is 3. The van der Waals surface area contributed by atoms with E-state index in [2.05, 4.69) is 11.4 Å². The van der Waals surface area contributed by atoms with Crippen molar-refractivity contribution >= 4 is 18.6 Å². The Morgan fingerprint density at radius 2 is 1.88 bits per heavy atom. The number of nitrogens with one attached hydrogen (secondary N) is 1. The van der Waals surface area contributed by atoms with Crippen molar-refractivity contribution in [3.05, 3.63) is 59.2 Å².